The zero-order valence-electron chi connectivity index (χ0n) is 11.2. The molecule has 1 aliphatic carbocycles. The molecule has 21 heavy (non-hydrogen) atoms. The van der Waals surface area contributed by atoms with Gasteiger partial charge in [-0.1, -0.05) is 17.7 Å². The van der Waals surface area contributed by atoms with Gasteiger partial charge in [-0.05, 0) is 53.7 Å². The van der Waals surface area contributed by atoms with Crippen molar-refractivity contribution in [2.45, 2.75) is 31.7 Å². The summed E-state index contributed by atoms with van der Waals surface area (Å²) >= 11 is 9.37. The molecular formula is C14H16BrClN2O3. The van der Waals surface area contributed by atoms with Gasteiger partial charge < -0.3 is 15.7 Å². The molecule has 0 spiro atoms. The molecule has 0 heterocycles. The SMILES string of the molecule is O=C(Nc1cccc(Br)c1Cl)NC1CCC(C(=O)O)CC1. The fourth-order valence-corrected chi connectivity index (χ4v) is 2.97. The van der Waals surface area contributed by atoms with E-state index in [1.807, 2.05) is 0 Å². The molecule has 114 valence electrons. The molecule has 0 radical (unpaired) electrons. The fraction of sp³-hybridized carbons (Fsp3) is 0.429. The van der Waals surface area contributed by atoms with Gasteiger partial charge in [0.25, 0.3) is 0 Å². The molecule has 1 fully saturated rings. The first-order valence-corrected chi connectivity index (χ1v) is 7.89. The van der Waals surface area contributed by atoms with Gasteiger partial charge in [-0.2, -0.15) is 0 Å². The van der Waals surface area contributed by atoms with Crippen molar-refractivity contribution >= 4 is 45.2 Å². The highest BCUT2D eigenvalue weighted by Gasteiger charge is 2.26. The van der Waals surface area contributed by atoms with E-state index >= 15 is 0 Å². The van der Waals surface area contributed by atoms with E-state index in [1.54, 1.807) is 18.2 Å². The van der Waals surface area contributed by atoms with Crippen LogP contribution in [0.4, 0.5) is 10.5 Å². The zero-order chi connectivity index (χ0) is 15.4. The number of benzene rings is 1. The van der Waals surface area contributed by atoms with E-state index in [0.29, 0.717) is 40.9 Å². The van der Waals surface area contributed by atoms with Crippen molar-refractivity contribution < 1.29 is 14.7 Å². The third-order valence-corrected chi connectivity index (χ3v) is 4.91. The molecule has 2 rings (SSSR count). The van der Waals surface area contributed by atoms with Crippen molar-refractivity contribution in [2.24, 2.45) is 5.92 Å². The third kappa shape index (κ3) is 4.35. The Morgan fingerprint density at radius 1 is 1.24 bits per heavy atom. The Hall–Kier alpha value is -1.27. The summed E-state index contributed by atoms with van der Waals surface area (Å²) in [5.41, 5.74) is 0.530. The molecule has 3 N–H and O–H groups in total. The van der Waals surface area contributed by atoms with Crippen LogP contribution in [-0.4, -0.2) is 23.1 Å². The van der Waals surface area contributed by atoms with E-state index in [0.717, 1.165) is 0 Å². The van der Waals surface area contributed by atoms with Crippen LogP contribution in [0.1, 0.15) is 25.7 Å². The summed E-state index contributed by atoms with van der Waals surface area (Å²) in [6.07, 6.45) is 2.54. The predicted octanol–water partition coefficient (Wildman–Crippen LogP) is 3.87. The van der Waals surface area contributed by atoms with Gasteiger partial charge in [0, 0.05) is 10.5 Å². The Labute approximate surface area is 136 Å². The second-order valence-electron chi connectivity index (χ2n) is 5.09. The summed E-state index contributed by atoms with van der Waals surface area (Å²) in [7, 11) is 0. The van der Waals surface area contributed by atoms with Gasteiger partial charge >= 0.3 is 12.0 Å². The molecule has 0 aliphatic heterocycles. The number of carboxylic acid groups (broad SMARTS) is 1. The number of carbonyl (C=O) groups is 2. The van der Waals surface area contributed by atoms with E-state index in [2.05, 4.69) is 26.6 Å². The lowest BCUT2D eigenvalue weighted by molar-refractivity contribution is -0.142. The number of urea groups is 1. The summed E-state index contributed by atoms with van der Waals surface area (Å²) in [5.74, 6) is -1.04. The normalized spacial score (nSPS) is 21.6. The van der Waals surface area contributed by atoms with Gasteiger partial charge in [0.15, 0.2) is 0 Å². The van der Waals surface area contributed by atoms with Gasteiger partial charge in [0.1, 0.15) is 0 Å². The van der Waals surface area contributed by atoms with Crippen molar-refractivity contribution in [3.05, 3.63) is 27.7 Å². The molecule has 1 aromatic rings. The van der Waals surface area contributed by atoms with Crippen molar-refractivity contribution in [1.82, 2.24) is 5.32 Å². The molecule has 1 saturated carbocycles. The second kappa shape index (κ2) is 7.13. The van der Waals surface area contributed by atoms with E-state index in [9.17, 15) is 9.59 Å². The number of hydrogen-bond donors (Lipinski definition) is 3. The maximum atomic E-state index is 11.9. The van der Waals surface area contributed by atoms with Crippen LogP contribution in [0.2, 0.25) is 5.02 Å². The Balaban J connectivity index is 1.86. The van der Waals surface area contributed by atoms with Crippen LogP contribution < -0.4 is 10.6 Å². The van der Waals surface area contributed by atoms with Crippen LogP contribution in [0.3, 0.4) is 0 Å². The largest absolute Gasteiger partial charge is 0.481 e. The second-order valence-corrected chi connectivity index (χ2v) is 6.32. The Kier molecular flexibility index (Phi) is 5.47. The number of carbonyl (C=O) groups excluding carboxylic acids is 1. The zero-order valence-corrected chi connectivity index (χ0v) is 13.6. The van der Waals surface area contributed by atoms with Crippen molar-refractivity contribution in [3.63, 3.8) is 0 Å². The molecule has 7 heteroatoms. The number of rotatable bonds is 3. The highest BCUT2D eigenvalue weighted by atomic mass is 79.9. The topological polar surface area (TPSA) is 78.4 Å². The number of hydrogen-bond acceptors (Lipinski definition) is 2. The average Bonchev–Trinajstić information content (AvgIpc) is 2.44. The van der Waals surface area contributed by atoms with Crippen LogP contribution in [0.25, 0.3) is 0 Å². The first-order chi connectivity index (χ1) is 9.97. The summed E-state index contributed by atoms with van der Waals surface area (Å²) in [6.45, 7) is 0. The summed E-state index contributed by atoms with van der Waals surface area (Å²) in [4.78, 5) is 22.8. The smallest absolute Gasteiger partial charge is 0.319 e. The van der Waals surface area contributed by atoms with Crippen molar-refractivity contribution in [1.29, 1.82) is 0 Å². The third-order valence-electron chi connectivity index (χ3n) is 3.61. The number of carboxylic acids is 1. The van der Waals surface area contributed by atoms with E-state index in [4.69, 9.17) is 16.7 Å². The number of aliphatic carboxylic acids is 1. The van der Waals surface area contributed by atoms with Crippen LogP contribution in [0.15, 0.2) is 22.7 Å². The predicted molar refractivity (Wildman–Crippen MR) is 84.7 cm³/mol. The maximum absolute atomic E-state index is 11.9. The monoisotopic (exact) mass is 374 g/mol. The number of halogens is 2. The fourth-order valence-electron chi connectivity index (χ4n) is 2.43. The highest BCUT2D eigenvalue weighted by Crippen LogP contribution is 2.30. The number of amides is 2. The summed E-state index contributed by atoms with van der Waals surface area (Å²) < 4.78 is 0.712. The maximum Gasteiger partial charge on any atom is 0.319 e. The van der Waals surface area contributed by atoms with E-state index in [1.165, 1.54) is 0 Å². The van der Waals surface area contributed by atoms with E-state index < -0.39 is 5.97 Å². The Bertz CT molecular complexity index is 545. The van der Waals surface area contributed by atoms with Crippen LogP contribution in [0.5, 0.6) is 0 Å². The minimum absolute atomic E-state index is 0.00604. The average molecular weight is 376 g/mol. The molecule has 0 aromatic heterocycles. The van der Waals surface area contributed by atoms with Gasteiger partial charge in [0.2, 0.25) is 0 Å². The van der Waals surface area contributed by atoms with Gasteiger partial charge in [-0.15, -0.1) is 0 Å². The molecule has 0 bridgehead atoms. The van der Waals surface area contributed by atoms with Gasteiger partial charge in [0.05, 0.1) is 16.6 Å². The van der Waals surface area contributed by atoms with Crippen LogP contribution in [-0.2, 0) is 4.79 Å². The van der Waals surface area contributed by atoms with Crippen LogP contribution >= 0.6 is 27.5 Å². The Morgan fingerprint density at radius 3 is 2.52 bits per heavy atom. The molecule has 0 atom stereocenters. The standard InChI is InChI=1S/C14H16BrClN2O3/c15-10-2-1-3-11(12(10)16)18-14(21)17-9-6-4-8(5-7-9)13(19)20/h1-3,8-9H,4-7H2,(H,19,20)(H2,17,18,21). The molecule has 5 nitrogen and oxygen atoms in total. The summed E-state index contributed by atoms with van der Waals surface area (Å²) in [5, 5.41) is 14.9. The van der Waals surface area contributed by atoms with Crippen LogP contribution in [0, 0.1) is 5.92 Å². The van der Waals surface area contributed by atoms with Crippen molar-refractivity contribution in [3.8, 4) is 0 Å². The minimum atomic E-state index is -0.751. The lowest BCUT2D eigenvalue weighted by atomic mass is 9.86. The van der Waals surface area contributed by atoms with Crippen molar-refractivity contribution in [2.75, 3.05) is 5.32 Å². The Morgan fingerprint density at radius 2 is 1.90 bits per heavy atom. The highest BCUT2D eigenvalue weighted by molar-refractivity contribution is 9.10. The van der Waals surface area contributed by atoms with E-state index in [-0.39, 0.29) is 18.0 Å². The molecule has 1 aromatic carbocycles. The molecule has 0 unspecified atom stereocenters. The molecule has 1 aliphatic rings. The minimum Gasteiger partial charge on any atom is -0.481 e. The summed E-state index contributed by atoms with van der Waals surface area (Å²) in [6, 6.07) is 4.97. The first-order valence-electron chi connectivity index (χ1n) is 6.71. The quantitative estimate of drug-likeness (QED) is 0.750. The number of anilines is 1. The number of nitrogens with one attached hydrogen (secondary N) is 2. The molecule has 2 amide bonds. The molecule has 0 saturated heterocycles. The molecular weight excluding hydrogens is 360 g/mol. The lowest BCUT2D eigenvalue weighted by Crippen LogP contribution is -2.41. The van der Waals surface area contributed by atoms with Gasteiger partial charge in [-0.3, -0.25) is 4.79 Å². The lowest BCUT2D eigenvalue weighted by Gasteiger charge is -2.26. The first kappa shape index (κ1) is 16.1. The van der Waals surface area contributed by atoms with Gasteiger partial charge in [-0.25, -0.2) is 4.79 Å².